The van der Waals surface area contributed by atoms with Crippen molar-refractivity contribution in [2.24, 2.45) is 0 Å². The van der Waals surface area contributed by atoms with E-state index in [2.05, 4.69) is 4.74 Å². The fourth-order valence-electron chi connectivity index (χ4n) is 2.55. The quantitative estimate of drug-likeness (QED) is 0.264. The average Bonchev–Trinajstić information content (AvgIpc) is 2.72. The molecule has 32 heavy (non-hydrogen) atoms. The van der Waals surface area contributed by atoms with E-state index in [0.29, 0.717) is 12.1 Å². The van der Waals surface area contributed by atoms with E-state index >= 15 is 0 Å². The monoisotopic (exact) mass is 503 g/mol. The molecule has 0 saturated heterocycles. The number of esters is 1. The Kier molecular flexibility index (Phi) is 8.41. The number of hydrogen-bond acceptors (Lipinski definition) is 4. The molecule has 1 atom stereocenters. The lowest BCUT2D eigenvalue weighted by atomic mass is 10.1. The van der Waals surface area contributed by atoms with Crippen LogP contribution in [0.25, 0.3) is 0 Å². The van der Waals surface area contributed by atoms with Gasteiger partial charge in [-0.2, -0.15) is 13.2 Å². The third kappa shape index (κ3) is 6.06. The molecule has 0 bridgehead atoms. The molecule has 0 aliphatic rings. The van der Waals surface area contributed by atoms with E-state index in [1.807, 2.05) is 0 Å². The van der Waals surface area contributed by atoms with E-state index in [-0.39, 0.29) is 27.8 Å². The van der Waals surface area contributed by atoms with Crippen LogP contribution in [0.5, 0.6) is 0 Å². The predicted octanol–water partition coefficient (Wildman–Crippen LogP) is 6.01. The Morgan fingerprint density at radius 2 is 1.78 bits per heavy atom. The second-order valence-electron chi connectivity index (χ2n) is 6.08. The molecule has 0 aliphatic heterocycles. The van der Waals surface area contributed by atoms with Crippen LogP contribution >= 0.6 is 23.4 Å². The van der Waals surface area contributed by atoms with Crippen molar-refractivity contribution in [1.82, 2.24) is 0 Å². The number of rotatable bonds is 7. The number of methoxy groups -OCH3 is 1. The Balaban J connectivity index is 2.60. The van der Waals surface area contributed by atoms with Gasteiger partial charge in [-0.05, 0) is 23.8 Å². The van der Waals surface area contributed by atoms with E-state index in [4.69, 9.17) is 11.6 Å². The second-order valence-corrected chi connectivity index (χ2v) is 7.61. The molecular formula is C19H13ClF7NO3S. The van der Waals surface area contributed by atoms with Crippen LogP contribution in [0.4, 0.5) is 36.4 Å². The number of hydrogen-bond donors (Lipinski definition) is 0. The maximum absolute atomic E-state index is 14.6. The van der Waals surface area contributed by atoms with Crippen LogP contribution in [0, 0.1) is 5.82 Å². The Bertz CT molecular complexity index is 1000. The number of carbonyl (C=O) groups is 2. The summed E-state index contributed by atoms with van der Waals surface area (Å²) in [5.74, 6) is -4.84. The fraction of sp³-hybridized carbons (Fsp3) is 0.263. The van der Waals surface area contributed by atoms with Gasteiger partial charge in [0.05, 0.1) is 29.9 Å². The van der Waals surface area contributed by atoms with E-state index in [9.17, 15) is 40.3 Å². The van der Waals surface area contributed by atoms with Crippen LogP contribution in [0.1, 0.15) is 15.9 Å². The molecule has 0 spiro atoms. The highest BCUT2D eigenvalue weighted by atomic mass is 35.5. The van der Waals surface area contributed by atoms with Gasteiger partial charge in [0.25, 0.3) is 6.43 Å². The highest BCUT2D eigenvalue weighted by Crippen LogP contribution is 2.39. The first-order valence-electron chi connectivity index (χ1n) is 8.49. The predicted molar refractivity (Wildman–Crippen MR) is 103 cm³/mol. The number of carbonyl (C=O) groups excluding carboxylic acids is 2. The topological polar surface area (TPSA) is 46.6 Å². The summed E-state index contributed by atoms with van der Waals surface area (Å²) in [6, 6.07) is 6.19. The van der Waals surface area contributed by atoms with Crippen LogP contribution in [-0.4, -0.2) is 37.1 Å². The molecule has 0 N–H and O–H groups in total. The van der Waals surface area contributed by atoms with Crippen molar-refractivity contribution < 1.29 is 45.1 Å². The second kappa shape index (κ2) is 10.4. The molecule has 0 aromatic heterocycles. The van der Waals surface area contributed by atoms with Gasteiger partial charge in [0, 0.05) is 4.90 Å². The molecule has 0 radical (unpaired) electrons. The minimum Gasteiger partial charge on any atom is -0.465 e. The Morgan fingerprint density at radius 3 is 2.34 bits per heavy atom. The number of benzene rings is 2. The largest absolute Gasteiger partial charge is 0.471 e. The maximum atomic E-state index is 14.6. The van der Waals surface area contributed by atoms with Crippen molar-refractivity contribution in [2.75, 3.05) is 12.0 Å². The van der Waals surface area contributed by atoms with Crippen LogP contribution in [0.2, 0.25) is 5.02 Å². The summed E-state index contributed by atoms with van der Waals surface area (Å²) in [7, 11) is 1.02. The Hall–Kier alpha value is -2.47. The van der Waals surface area contributed by atoms with Crippen LogP contribution < -0.4 is 4.90 Å². The lowest BCUT2D eigenvalue weighted by Crippen LogP contribution is -2.41. The van der Waals surface area contributed by atoms with Crippen molar-refractivity contribution in [1.29, 1.82) is 0 Å². The molecule has 4 nitrogen and oxygen atoms in total. The standard InChI is InChI=1S/C19H13ClF7NO3S/c1-31-17(29)10-5-3-2-4-9(10)8-28(18(30)19(25,26)27)13-7-14(11(20)6-12(13)21)32-16(24)15(22)23/h2-7,15-16H,8H2,1H3. The van der Waals surface area contributed by atoms with E-state index < -0.39 is 57.9 Å². The molecule has 2 aromatic carbocycles. The third-order valence-electron chi connectivity index (χ3n) is 3.97. The van der Waals surface area contributed by atoms with Crippen LogP contribution in [0.15, 0.2) is 41.3 Å². The van der Waals surface area contributed by atoms with Gasteiger partial charge in [0.2, 0.25) is 5.50 Å². The zero-order valence-corrected chi connectivity index (χ0v) is 17.5. The van der Waals surface area contributed by atoms with Gasteiger partial charge >= 0.3 is 18.1 Å². The molecule has 2 aromatic rings. The molecule has 0 aliphatic carbocycles. The average molecular weight is 504 g/mol. The van der Waals surface area contributed by atoms with Gasteiger partial charge in [-0.25, -0.2) is 22.4 Å². The van der Waals surface area contributed by atoms with Gasteiger partial charge < -0.3 is 4.74 Å². The minimum absolute atomic E-state index is 0.0485. The first-order valence-corrected chi connectivity index (χ1v) is 9.75. The molecule has 13 heteroatoms. The number of ether oxygens (including phenoxy) is 1. The van der Waals surface area contributed by atoms with Crippen LogP contribution in [-0.2, 0) is 16.1 Å². The minimum atomic E-state index is -5.47. The molecule has 174 valence electrons. The highest BCUT2D eigenvalue weighted by Gasteiger charge is 2.44. The van der Waals surface area contributed by atoms with Gasteiger partial charge in [-0.1, -0.05) is 41.6 Å². The van der Waals surface area contributed by atoms with Gasteiger partial charge in [-0.15, -0.1) is 0 Å². The van der Waals surface area contributed by atoms with Crippen molar-refractivity contribution in [3.8, 4) is 0 Å². The number of thioether (sulfide) groups is 1. The molecule has 2 rings (SSSR count). The number of amides is 1. The maximum Gasteiger partial charge on any atom is 0.471 e. The van der Waals surface area contributed by atoms with Crippen molar-refractivity contribution in [3.05, 3.63) is 58.4 Å². The van der Waals surface area contributed by atoms with Gasteiger partial charge in [0.1, 0.15) is 5.82 Å². The Morgan fingerprint density at radius 1 is 1.16 bits per heavy atom. The Labute approximate surface area is 186 Å². The van der Waals surface area contributed by atoms with E-state index in [1.165, 1.54) is 24.3 Å². The molecule has 0 fully saturated rings. The lowest BCUT2D eigenvalue weighted by molar-refractivity contribution is -0.170. The lowest BCUT2D eigenvalue weighted by Gasteiger charge is -2.26. The molecule has 0 saturated carbocycles. The third-order valence-corrected chi connectivity index (χ3v) is 5.42. The molecule has 0 heterocycles. The first-order chi connectivity index (χ1) is 14.9. The summed E-state index contributed by atoms with van der Waals surface area (Å²) in [4.78, 5) is 23.4. The van der Waals surface area contributed by atoms with Crippen molar-refractivity contribution >= 4 is 40.9 Å². The van der Waals surface area contributed by atoms with Crippen molar-refractivity contribution in [2.45, 2.75) is 29.5 Å². The first kappa shape index (κ1) is 25.8. The number of nitrogens with zero attached hydrogens (tertiary/aromatic N) is 1. The van der Waals surface area contributed by atoms with E-state index in [0.717, 1.165) is 7.11 Å². The normalized spacial score (nSPS) is 12.6. The van der Waals surface area contributed by atoms with Gasteiger partial charge in [0.15, 0.2) is 0 Å². The molecule has 1 unspecified atom stereocenters. The number of anilines is 1. The summed E-state index contributed by atoms with van der Waals surface area (Å²) in [5.41, 5.74) is -4.13. The van der Waals surface area contributed by atoms with Crippen LogP contribution in [0.3, 0.4) is 0 Å². The highest BCUT2D eigenvalue weighted by molar-refractivity contribution is 8.00. The fourth-order valence-corrected chi connectivity index (χ4v) is 3.53. The zero-order valence-electron chi connectivity index (χ0n) is 15.9. The summed E-state index contributed by atoms with van der Waals surface area (Å²) < 4.78 is 97.4. The van der Waals surface area contributed by atoms with E-state index in [1.54, 1.807) is 0 Å². The zero-order chi connectivity index (χ0) is 24.2. The van der Waals surface area contributed by atoms with Gasteiger partial charge in [-0.3, -0.25) is 9.69 Å². The SMILES string of the molecule is COC(=O)c1ccccc1CN(C(=O)C(F)(F)F)c1cc(SC(F)C(F)F)c(Cl)cc1F. The number of alkyl halides is 6. The summed E-state index contributed by atoms with van der Waals surface area (Å²) >= 11 is 5.56. The number of halogens is 8. The molecular weight excluding hydrogens is 491 g/mol. The summed E-state index contributed by atoms with van der Waals surface area (Å²) in [6.07, 6.45) is -8.92. The van der Waals surface area contributed by atoms with Crippen molar-refractivity contribution in [3.63, 3.8) is 0 Å². The smallest absolute Gasteiger partial charge is 0.465 e. The summed E-state index contributed by atoms with van der Waals surface area (Å²) in [6.45, 7) is -0.944. The molecule has 1 amide bonds. The summed E-state index contributed by atoms with van der Waals surface area (Å²) in [5, 5.41) is -0.547.